The summed E-state index contributed by atoms with van der Waals surface area (Å²) in [4.78, 5) is 22.1. The topological polar surface area (TPSA) is 43.4 Å². The van der Waals surface area contributed by atoms with Crippen LogP contribution >= 0.6 is 0 Å². The molecule has 0 fully saturated rings. The highest BCUT2D eigenvalue weighted by Crippen LogP contribution is 2.03. The van der Waals surface area contributed by atoms with Crippen LogP contribution in [0.1, 0.15) is 58.8 Å². The van der Waals surface area contributed by atoms with E-state index in [1.54, 1.807) is 0 Å². The van der Waals surface area contributed by atoms with E-state index in [9.17, 15) is 9.59 Å². The van der Waals surface area contributed by atoms with Crippen molar-refractivity contribution in [1.29, 1.82) is 0 Å². The standard InChI is InChI=1S/C12H22O3/c1-3-5-10-15-12(14)9-7-6-8-11(13)4-2/h3-10H2,1-2H3. The molecule has 0 unspecified atom stereocenters. The van der Waals surface area contributed by atoms with E-state index in [1.165, 1.54) is 0 Å². The summed E-state index contributed by atoms with van der Waals surface area (Å²) in [5, 5.41) is 0. The van der Waals surface area contributed by atoms with Gasteiger partial charge in [0.15, 0.2) is 0 Å². The Labute approximate surface area is 92.2 Å². The van der Waals surface area contributed by atoms with Gasteiger partial charge < -0.3 is 4.74 Å². The number of ketones is 1. The molecule has 0 aromatic heterocycles. The van der Waals surface area contributed by atoms with Crippen molar-refractivity contribution >= 4 is 11.8 Å². The molecule has 0 saturated carbocycles. The molecule has 0 spiro atoms. The molecule has 0 heterocycles. The average molecular weight is 214 g/mol. The molecule has 3 nitrogen and oxygen atoms in total. The maximum Gasteiger partial charge on any atom is 0.305 e. The van der Waals surface area contributed by atoms with E-state index in [2.05, 4.69) is 6.92 Å². The Hall–Kier alpha value is -0.860. The number of esters is 1. The van der Waals surface area contributed by atoms with Crippen molar-refractivity contribution in [2.45, 2.75) is 58.8 Å². The van der Waals surface area contributed by atoms with E-state index in [0.717, 1.165) is 25.7 Å². The molecule has 0 aromatic rings. The molecular formula is C12H22O3. The minimum Gasteiger partial charge on any atom is -0.466 e. The zero-order chi connectivity index (χ0) is 11.5. The fourth-order valence-electron chi connectivity index (χ4n) is 1.17. The Bertz CT molecular complexity index is 187. The largest absolute Gasteiger partial charge is 0.466 e. The predicted octanol–water partition coefficient (Wildman–Crippen LogP) is 2.87. The van der Waals surface area contributed by atoms with Crippen molar-refractivity contribution in [1.82, 2.24) is 0 Å². The number of Topliss-reactive ketones (excluding diaryl/α,β-unsaturated/α-hetero) is 1. The third-order valence-corrected chi connectivity index (χ3v) is 2.24. The minimum atomic E-state index is -0.132. The monoisotopic (exact) mass is 214 g/mol. The summed E-state index contributed by atoms with van der Waals surface area (Å²) in [7, 11) is 0. The zero-order valence-electron chi connectivity index (χ0n) is 9.88. The van der Waals surface area contributed by atoms with Crippen LogP contribution in [-0.2, 0) is 14.3 Å². The van der Waals surface area contributed by atoms with E-state index in [-0.39, 0.29) is 11.8 Å². The lowest BCUT2D eigenvalue weighted by molar-refractivity contribution is -0.144. The summed E-state index contributed by atoms with van der Waals surface area (Å²) < 4.78 is 4.99. The summed E-state index contributed by atoms with van der Waals surface area (Å²) in [6.45, 7) is 4.45. The lowest BCUT2D eigenvalue weighted by Gasteiger charge is -2.03. The van der Waals surface area contributed by atoms with Crippen LogP contribution in [-0.4, -0.2) is 18.4 Å². The van der Waals surface area contributed by atoms with Gasteiger partial charge in [0.05, 0.1) is 6.61 Å². The molecule has 0 atom stereocenters. The van der Waals surface area contributed by atoms with Gasteiger partial charge in [-0.3, -0.25) is 9.59 Å². The highest BCUT2D eigenvalue weighted by molar-refractivity contribution is 5.78. The molecule has 0 N–H and O–H groups in total. The van der Waals surface area contributed by atoms with Gasteiger partial charge in [0.1, 0.15) is 5.78 Å². The summed E-state index contributed by atoms with van der Waals surface area (Å²) in [5.74, 6) is 0.141. The molecule has 0 aliphatic carbocycles. The van der Waals surface area contributed by atoms with Gasteiger partial charge in [-0.25, -0.2) is 0 Å². The number of rotatable bonds is 9. The molecule has 0 aromatic carbocycles. The third-order valence-electron chi connectivity index (χ3n) is 2.24. The van der Waals surface area contributed by atoms with Crippen LogP contribution in [0.4, 0.5) is 0 Å². The molecular weight excluding hydrogens is 192 g/mol. The molecule has 88 valence electrons. The molecule has 0 amide bonds. The van der Waals surface area contributed by atoms with Gasteiger partial charge in [0.2, 0.25) is 0 Å². The first-order valence-corrected chi connectivity index (χ1v) is 5.88. The van der Waals surface area contributed by atoms with Crippen LogP contribution in [0.2, 0.25) is 0 Å². The third kappa shape index (κ3) is 9.44. The van der Waals surface area contributed by atoms with Gasteiger partial charge in [0, 0.05) is 19.3 Å². The van der Waals surface area contributed by atoms with Gasteiger partial charge in [-0.1, -0.05) is 20.3 Å². The van der Waals surface area contributed by atoms with Crippen LogP contribution in [0.5, 0.6) is 0 Å². The highest BCUT2D eigenvalue weighted by Gasteiger charge is 2.03. The Morgan fingerprint density at radius 1 is 1.00 bits per heavy atom. The van der Waals surface area contributed by atoms with Crippen LogP contribution in [0.15, 0.2) is 0 Å². The van der Waals surface area contributed by atoms with E-state index >= 15 is 0 Å². The Morgan fingerprint density at radius 3 is 2.27 bits per heavy atom. The quantitative estimate of drug-likeness (QED) is 0.438. The summed E-state index contributed by atoms with van der Waals surface area (Å²) >= 11 is 0. The number of ether oxygens (including phenoxy) is 1. The number of unbranched alkanes of at least 4 members (excludes halogenated alkanes) is 2. The van der Waals surface area contributed by atoms with Crippen molar-refractivity contribution in [2.24, 2.45) is 0 Å². The van der Waals surface area contributed by atoms with Crippen LogP contribution in [0, 0.1) is 0 Å². The van der Waals surface area contributed by atoms with Gasteiger partial charge in [-0.05, 0) is 19.3 Å². The number of carbonyl (C=O) groups is 2. The SMILES string of the molecule is CCCCOC(=O)CCCCC(=O)CC. The summed E-state index contributed by atoms with van der Waals surface area (Å²) in [6.07, 6.45) is 5.17. The normalized spacial score (nSPS) is 10.0. The molecule has 0 rings (SSSR count). The van der Waals surface area contributed by atoms with E-state index in [1.807, 2.05) is 6.92 Å². The second kappa shape index (κ2) is 9.69. The smallest absolute Gasteiger partial charge is 0.305 e. The predicted molar refractivity (Wildman–Crippen MR) is 59.6 cm³/mol. The fourth-order valence-corrected chi connectivity index (χ4v) is 1.17. The summed E-state index contributed by atoms with van der Waals surface area (Å²) in [5.41, 5.74) is 0. The van der Waals surface area contributed by atoms with Crippen molar-refractivity contribution in [3.63, 3.8) is 0 Å². The molecule has 0 aliphatic rings. The minimum absolute atomic E-state index is 0.132. The first-order chi connectivity index (χ1) is 7.20. The second-order valence-electron chi connectivity index (χ2n) is 3.67. The number of hydrogen-bond acceptors (Lipinski definition) is 3. The molecule has 15 heavy (non-hydrogen) atoms. The summed E-state index contributed by atoms with van der Waals surface area (Å²) in [6, 6.07) is 0. The highest BCUT2D eigenvalue weighted by atomic mass is 16.5. The average Bonchev–Trinajstić information content (AvgIpc) is 2.24. The first kappa shape index (κ1) is 14.1. The molecule has 0 saturated heterocycles. The van der Waals surface area contributed by atoms with E-state index < -0.39 is 0 Å². The van der Waals surface area contributed by atoms with Gasteiger partial charge in [0.25, 0.3) is 0 Å². The van der Waals surface area contributed by atoms with Crippen molar-refractivity contribution < 1.29 is 14.3 Å². The second-order valence-corrected chi connectivity index (χ2v) is 3.67. The molecule has 0 aliphatic heterocycles. The zero-order valence-corrected chi connectivity index (χ0v) is 9.88. The van der Waals surface area contributed by atoms with E-state index in [0.29, 0.717) is 25.9 Å². The molecule has 3 heteroatoms. The Balaban J connectivity index is 3.27. The number of hydrogen-bond donors (Lipinski definition) is 0. The molecule has 0 radical (unpaired) electrons. The van der Waals surface area contributed by atoms with Crippen molar-refractivity contribution in [3.8, 4) is 0 Å². The van der Waals surface area contributed by atoms with Crippen LogP contribution < -0.4 is 0 Å². The lowest BCUT2D eigenvalue weighted by Crippen LogP contribution is -2.05. The molecule has 0 bridgehead atoms. The van der Waals surface area contributed by atoms with Gasteiger partial charge in [-0.2, -0.15) is 0 Å². The number of carbonyl (C=O) groups excluding carboxylic acids is 2. The maximum atomic E-state index is 11.1. The maximum absolute atomic E-state index is 11.1. The fraction of sp³-hybridized carbons (Fsp3) is 0.833. The van der Waals surface area contributed by atoms with Gasteiger partial charge >= 0.3 is 5.97 Å². The Morgan fingerprint density at radius 2 is 1.67 bits per heavy atom. The van der Waals surface area contributed by atoms with Crippen molar-refractivity contribution in [3.05, 3.63) is 0 Å². The van der Waals surface area contributed by atoms with Crippen LogP contribution in [0.3, 0.4) is 0 Å². The Kier molecular flexibility index (Phi) is 9.13. The van der Waals surface area contributed by atoms with Crippen molar-refractivity contribution in [2.75, 3.05) is 6.61 Å². The first-order valence-electron chi connectivity index (χ1n) is 5.88. The van der Waals surface area contributed by atoms with Crippen LogP contribution in [0.25, 0.3) is 0 Å². The van der Waals surface area contributed by atoms with E-state index in [4.69, 9.17) is 4.74 Å². The lowest BCUT2D eigenvalue weighted by atomic mass is 10.1. The van der Waals surface area contributed by atoms with Gasteiger partial charge in [-0.15, -0.1) is 0 Å².